The number of benzene rings is 1. The lowest BCUT2D eigenvalue weighted by atomic mass is 9.86. The number of methoxy groups -OCH3 is 1. The fourth-order valence-corrected chi connectivity index (χ4v) is 3.28. The van der Waals surface area contributed by atoms with Crippen LogP contribution in [-0.2, 0) is 18.9 Å². The Morgan fingerprint density at radius 1 is 1.30 bits per heavy atom. The Morgan fingerprint density at radius 3 is 2.70 bits per heavy atom. The van der Waals surface area contributed by atoms with Gasteiger partial charge in [0.2, 0.25) is 0 Å². The van der Waals surface area contributed by atoms with E-state index in [1.54, 1.807) is 7.11 Å². The van der Waals surface area contributed by atoms with E-state index in [9.17, 15) is 5.11 Å². The third-order valence-electron chi connectivity index (χ3n) is 4.38. The lowest BCUT2D eigenvalue weighted by molar-refractivity contribution is -0.350. The van der Waals surface area contributed by atoms with Crippen molar-refractivity contribution in [1.29, 1.82) is 0 Å². The average molecular weight is 320 g/mol. The first-order valence-electron chi connectivity index (χ1n) is 7.93. The van der Waals surface area contributed by atoms with Gasteiger partial charge in [0.05, 0.1) is 12.7 Å². The molecule has 2 aliphatic rings. The lowest BCUT2D eigenvalue weighted by Crippen LogP contribution is -2.59. The van der Waals surface area contributed by atoms with Gasteiger partial charge in [-0.1, -0.05) is 35.9 Å². The Labute approximate surface area is 136 Å². The van der Waals surface area contributed by atoms with Gasteiger partial charge in [0.15, 0.2) is 12.6 Å². The Bertz CT molecular complexity index is 531. The van der Waals surface area contributed by atoms with Crippen molar-refractivity contribution in [3.05, 3.63) is 48.0 Å². The van der Waals surface area contributed by atoms with Gasteiger partial charge >= 0.3 is 0 Å². The van der Waals surface area contributed by atoms with Crippen molar-refractivity contribution in [1.82, 2.24) is 0 Å². The zero-order valence-electron chi connectivity index (χ0n) is 13.6. The molecule has 0 aromatic heterocycles. The molecule has 2 fully saturated rings. The minimum atomic E-state index is -0.689. The van der Waals surface area contributed by atoms with Gasteiger partial charge in [-0.15, -0.1) is 6.58 Å². The molecule has 1 N–H and O–H groups in total. The van der Waals surface area contributed by atoms with Crippen LogP contribution in [-0.4, -0.2) is 43.4 Å². The molecule has 5 heteroatoms. The highest BCUT2D eigenvalue weighted by Crippen LogP contribution is 2.38. The molecule has 5 nitrogen and oxygen atoms in total. The van der Waals surface area contributed by atoms with E-state index >= 15 is 0 Å². The van der Waals surface area contributed by atoms with Gasteiger partial charge in [-0.3, -0.25) is 0 Å². The second-order valence-electron chi connectivity index (χ2n) is 6.27. The van der Waals surface area contributed by atoms with E-state index in [4.69, 9.17) is 18.9 Å². The van der Waals surface area contributed by atoms with Crippen LogP contribution in [0.5, 0.6) is 0 Å². The smallest absolute Gasteiger partial charge is 0.184 e. The lowest BCUT2D eigenvalue weighted by Gasteiger charge is -2.47. The number of hydrogen-bond acceptors (Lipinski definition) is 5. The van der Waals surface area contributed by atoms with Crippen molar-refractivity contribution in [3.8, 4) is 0 Å². The Morgan fingerprint density at radius 2 is 2.04 bits per heavy atom. The van der Waals surface area contributed by atoms with Gasteiger partial charge in [-0.05, 0) is 13.3 Å². The third-order valence-corrected chi connectivity index (χ3v) is 4.38. The number of aliphatic hydroxyl groups is 1. The normalized spacial score (nSPS) is 37.2. The molecule has 2 aliphatic heterocycles. The van der Waals surface area contributed by atoms with E-state index < -0.39 is 24.8 Å². The topological polar surface area (TPSA) is 57.2 Å². The summed E-state index contributed by atoms with van der Waals surface area (Å²) in [5.41, 5.74) is 1.91. The zero-order valence-corrected chi connectivity index (χ0v) is 13.6. The first-order chi connectivity index (χ1) is 11.1. The van der Waals surface area contributed by atoms with Crippen LogP contribution in [0.4, 0.5) is 0 Å². The minimum absolute atomic E-state index is 0.201. The summed E-state index contributed by atoms with van der Waals surface area (Å²) in [6.07, 6.45) is -1.81. The largest absolute Gasteiger partial charge is 0.390 e. The summed E-state index contributed by atoms with van der Waals surface area (Å²) in [6.45, 7) is 6.23. The Hall–Kier alpha value is -1.24. The third kappa shape index (κ3) is 3.49. The highest BCUT2D eigenvalue weighted by Gasteiger charge is 2.49. The number of allylic oxidation sites excluding steroid dienone is 1. The van der Waals surface area contributed by atoms with Crippen LogP contribution in [0.1, 0.15) is 25.2 Å². The number of ether oxygens (including phenoxy) is 4. The van der Waals surface area contributed by atoms with Crippen LogP contribution in [0.15, 0.2) is 42.5 Å². The second kappa shape index (κ2) is 7.11. The molecule has 0 aliphatic carbocycles. The molecule has 2 saturated heterocycles. The predicted octanol–water partition coefficient (Wildman–Crippen LogP) is 2.42. The van der Waals surface area contributed by atoms with Crippen LogP contribution in [0.3, 0.4) is 0 Å². The van der Waals surface area contributed by atoms with E-state index in [1.807, 2.05) is 37.3 Å². The van der Waals surface area contributed by atoms with E-state index in [0.29, 0.717) is 13.0 Å². The van der Waals surface area contributed by atoms with Crippen LogP contribution in [0.2, 0.25) is 0 Å². The minimum Gasteiger partial charge on any atom is -0.390 e. The number of rotatable bonds is 4. The molecule has 23 heavy (non-hydrogen) atoms. The summed E-state index contributed by atoms with van der Waals surface area (Å²) in [4.78, 5) is 0. The molecule has 1 unspecified atom stereocenters. The van der Waals surface area contributed by atoms with Crippen molar-refractivity contribution in [3.63, 3.8) is 0 Å². The molecular formula is C18H24O5. The summed E-state index contributed by atoms with van der Waals surface area (Å²) in [5, 5.41) is 10.8. The van der Waals surface area contributed by atoms with E-state index in [2.05, 4.69) is 6.58 Å². The van der Waals surface area contributed by atoms with Gasteiger partial charge in [0, 0.05) is 18.6 Å². The van der Waals surface area contributed by atoms with Gasteiger partial charge in [-0.25, -0.2) is 0 Å². The highest BCUT2D eigenvalue weighted by molar-refractivity contribution is 5.16. The monoisotopic (exact) mass is 320 g/mol. The van der Waals surface area contributed by atoms with Crippen LogP contribution in [0.25, 0.3) is 0 Å². The van der Waals surface area contributed by atoms with Gasteiger partial charge in [-0.2, -0.15) is 0 Å². The van der Waals surface area contributed by atoms with Crippen LogP contribution in [0, 0.1) is 5.92 Å². The number of fused-ring (bicyclic) bond motifs is 1. The van der Waals surface area contributed by atoms with Crippen molar-refractivity contribution < 1.29 is 24.1 Å². The van der Waals surface area contributed by atoms with Crippen molar-refractivity contribution in [2.75, 3.05) is 13.7 Å². The predicted molar refractivity (Wildman–Crippen MR) is 84.6 cm³/mol. The highest BCUT2D eigenvalue weighted by atomic mass is 16.7. The van der Waals surface area contributed by atoms with Gasteiger partial charge in [0.25, 0.3) is 0 Å². The number of hydrogen-bond donors (Lipinski definition) is 1. The SMILES string of the molecule is C=C(C)C[C@@H]1[C@@H](OC)O[C@@H]2COC(c3ccccc3)O[C@H]2[C@@H]1O. The van der Waals surface area contributed by atoms with Crippen LogP contribution < -0.4 is 0 Å². The maximum atomic E-state index is 10.8. The quantitative estimate of drug-likeness (QED) is 0.864. The first-order valence-corrected chi connectivity index (χ1v) is 7.93. The Balaban J connectivity index is 1.76. The summed E-state index contributed by atoms with van der Waals surface area (Å²) < 4.78 is 23.1. The van der Waals surface area contributed by atoms with Crippen molar-refractivity contribution >= 4 is 0 Å². The summed E-state index contributed by atoms with van der Waals surface area (Å²) >= 11 is 0. The molecule has 0 saturated carbocycles. The summed E-state index contributed by atoms with van der Waals surface area (Å²) in [7, 11) is 1.58. The molecule has 6 atom stereocenters. The fraction of sp³-hybridized carbons (Fsp3) is 0.556. The molecular weight excluding hydrogens is 296 g/mol. The summed E-state index contributed by atoms with van der Waals surface area (Å²) in [6, 6.07) is 9.72. The summed E-state index contributed by atoms with van der Waals surface area (Å²) in [5.74, 6) is -0.201. The molecule has 0 amide bonds. The van der Waals surface area contributed by atoms with E-state index in [-0.39, 0.29) is 12.0 Å². The molecule has 1 aromatic carbocycles. The second-order valence-corrected chi connectivity index (χ2v) is 6.27. The van der Waals surface area contributed by atoms with Crippen LogP contribution >= 0.6 is 0 Å². The first kappa shape index (κ1) is 16.6. The Kier molecular flexibility index (Phi) is 5.14. The average Bonchev–Trinajstić information content (AvgIpc) is 2.57. The van der Waals surface area contributed by atoms with E-state index in [1.165, 1.54) is 0 Å². The van der Waals surface area contributed by atoms with E-state index in [0.717, 1.165) is 11.1 Å². The molecule has 1 aromatic rings. The molecule has 0 bridgehead atoms. The maximum Gasteiger partial charge on any atom is 0.184 e. The fourth-order valence-electron chi connectivity index (χ4n) is 3.28. The molecule has 0 radical (unpaired) electrons. The molecule has 3 rings (SSSR count). The van der Waals surface area contributed by atoms with Crippen molar-refractivity contribution in [2.45, 2.75) is 44.2 Å². The maximum absolute atomic E-state index is 10.8. The van der Waals surface area contributed by atoms with Gasteiger partial charge < -0.3 is 24.1 Å². The molecule has 126 valence electrons. The standard InChI is InChI=1S/C18H24O5/c1-11(2)9-13-15(19)16-14(22-18(13)20-3)10-21-17(23-16)12-7-5-4-6-8-12/h4-8,13-19H,1,9-10H2,2-3H3/t13-,14+,15+,16+,17?,18-/m0/s1. The molecule has 2 heterocycles. The zero-order chi connectivity index (χ0) is 16.4. The number of aliphatic hydroxyl groups excluding tert-OH is 1. The van der Waals surface area contributed by atoms with Gasteiger partial charge in [0.1, 0.15) is 12.2 Å². The van der Waals surface area contributed by atoms with Crippen molar-refractivity contribution in [2.24, 2.45) is 5.92 Å². The molecule has 0 spiro atoms.